The first-order valence-electron chi connectivity index (χ1n) is 5.67. The number of aryl methyl sites for hydroxylation is 2. The van der Waals surface area contributed by atoms with Gasteiger partial charge in [-0.1, -0.05) is 11.6 Å². The molecule has 0 saturated carbocycles. The first kappa shape index (κ1) is 12.9. The summed E-state index contributed by atoms with van der Waals surface area (Å²) in [5, 5.41) is 7.84. The van der Waals surface area contributed by atoms with Gasteiger partial charge in [0.2, 0.25) is 0 Å². The minimum Gasteiger partial charge on any atom is -0.495 e. The van der Waals surface area contributed by atoms with Gasteiger partial charge in [0.15, 0.2) is 0 Å². The lowest BCUT2D eigenvalue weighted by Crippen LogP contribution is -1.99. The van der Waals surface area contributed by atoms with Crippen LogP contribution in [-0.4, -0.2) is 17.3 Å². The van der Waals surface area contributed by atoms with Crippen molar-refractivity contribution >= 4 is 11.6 Å². The number of H-pyrrole nitrogens is 1. The van der Waals surface area contributed by atoms with Crippen LogP contribution >= 0.6 is 11.6 Å². The summed E-state index contributed by atoms with van der Waals surface area (Å²) in [5.74, 6) is 0.666. The van der Waals surface area contributed by atoms with Crippen LogP contribution in [0.15, 0.2) is 12.1 Å². The second-order valence-electron chi connectivity index (χ2n) is 4.18. The first-order chi connectivity index (χ1) is 8.58. The van der Waals surface area contributed by atoms with Crippen LogP contribution < -0.4 is 10.5 Å². The number of nitrogens with zero attached hydrogens (tertiary/aromatic N) is 1. The van der Waals surface area contributed by atoms with Crippen LogP contribution in [-0.2, 0) is 6.54 Å². The lowest BCUT2D eigenvalue weighted by atomic mass is 10.0. The van der Waals surface area contributed by atoms with Crippen LogP contribution in [0.2, 0.25) is 5.02 Å². The number of methoxy groups -OCH3 is 1. The molecule has 0 spiro atoms. The molecule has 96 valence electrons. The van der Waals surface area contributed by atoms with Crippen molar-refractivity contribution in [3.05, 3.63) is 34.0 Å². The van der Waals surface area contributed by atoms with Gasteiger partial charge in [0.1, 0.15) is 5.75 Å². The first-order valence-corrected chi connectivity index (χ1v) is 6.04. The molecule has 4 nitrogen and oxygen atoms in total. The van der Waals surface area contributed by atoms with E-state index in [0.717, 1.165) is 28.1 Å². The summed E-state index contributed by atoms with van der Waals surface area (Å²) in [7, 11) is 1.60. The van der Waals surface area contributed by atoms with E-state index < -0.39 is 0 Å². The normalized spacial score (nSPS) is 10.7. The number of hydrogen-bond acceptors (Lipinski definition) is 3. The van der Waals surface area contributed by atoms with Crippen LogP contribution in [0.4, 0.5) is 0 Å². The Kier molecular flexibility index (Phi) is 3.59. The monoisotopic (exact) mass is 265 g/mol. The molecule has 1 heterocycles. The molecule has 5 heteroatoms. The second kappa shape index (κ2) is 5.00. The fourth-order valence-corrected chi connectivity index (χ4v) is 2.23. The van der Waals surface area contributed by atoms with E-state index in [1.54, 1.807) is 7.11 Å². The molecule has 0 unspecified atom stereocenters. The van der Waals surface area contributed by atoms with Gasteiger partial charge in [-0.2, -0.15) is 5.10 Å². The molecule has 0 aliphatic carbocycles. The predicted molar refractivity (Wildman–Crippen MR) is 73.0 cm³/mol. The maximum absolute atomic E-state index is 6.16. The minimum atomic E-state index is 0.445. The van der Waals surface area contributed by atoms with Crippen molar-refractivity contribution in [2.75, 3.05) is 7.11 Å². The summed E-state index contributed by atoms with van der Waals surface area (Å²) >= 11 is 6.16. The van der Waals surface area contributed by atoms with Crippen LogP contribution in [0.3, 0.4) is 0 Å². The van der Waals surface area contributed by atoms with Crippen molar-refractivity contribution in [3.63, 3.8) is 0 Å². The van der Waals surface area contributed by atoms with Gasteiger partial charge in [-0.05, 0) is 31.5 Å². The number of halogens is 1. The van der Waals surface area contributed by atoms with Crippen molar-refractivity contribution in [3.8, 4) is 17.0 Å². The minimum absolute atomic E-state index is 0.445. The summed E-state index contributed by atoms with van der Waals surface area (Å²) in [6, 6.07) is 3.77. The fourth-order valence-electron chi connectivity index (χ4n) is 1.99. The molecule has 0 aliphatic heterocycles. The van der Waals surface area contributed by atoms with Crippen LogP contribution in [0.1, 0.15) is 16.8 Å². The SMILES string of the molecule is COc1cc(C)c(-c2n[nH]c(C)c2CN)cc1Cl. The van der Waals surface area contributed by atoms with Crippen molar-refractivity contribution in [1.29, 1.82) is 0 Å². The van der Waals surface area contributed by atoms with E-state index in [1.807, 2.05) is 26.0 Å². The summed E-state index contributed by atoms with van der Waals surface area (Å²) < 4.78 is 5.19. The molecule has 0 atom stereocenters. The molecule has 0 bridgehead atoms. The van der Waals surface area contributed by atoms with E-state index in [-0.39, 0.29) is 0 Å². The number of nitrogens with one attached hydrogen (secondary N) is 1. The molecular weight excluding hydrogens is 250 g/mol. The number of rotatable bonds is 3. The van der Waals surface area contributed by atoms with Gasteiger partial charge >= 0.3 is 0 Å². The summed E-state index contributed by atoms with van der Waals surface area (Å²) in [5.41, 5.74) is 10.6. The van der Waals surface area contributed by atoms with Crippen molar-refractivity contribution in [2.45, 2.75) is 20.4 Å². The number of aromatic nitrogens is 2. The largest absolute Gasteiger partial charge is 0.495 e. The Morgan fingerprint density at radius 3 is 2.72 bits per heavy atom. The third-order valence-electron chi connectivity index (χ3n) is 3.03. The molecule has 1 aromatic carbocycles. The Hall–Kier alpha value is -1.52. The van der Waals surface area contributed by atoms with Crippen molar-refractivity contribution in [2.24, 2.45) is 5.73 Å². The average Bonchev–Trinajstić information content (AvgIpc) is 2.72. The molecule has 0 saturated heterocycles. The van der Waals surface area contributed by atoms with Crippen LogP contribution in [0, 0.1) is 13.8 Å². The maximum Gasteiger partial charge on any atom is 0.137 e. The zero-order valence-corrected chi connectivity index (χ0v) is 11.4. The Morgan fingerprint density at radius 1 is 1.39 bits per heavy atom. The lowest BCUT2D eigenvalue weighted by molar-refractivity contribution is 0.415. The Labute approximate surface area is 111 Å². The highest BCUT2D eigenvalue weighted by atomic mass is 35.5. The highest BCUT2D eigenvalue weighted by Gasteiger charge is 2.15. The standard InChI is InChI=1S/C13H16ClN3O/c1-7-4-12(18-3)11(14)5-9(7)13-10(6-15)8(2)16-17-13/h4-5H,6,15H2,1-3H3,(H,16,17). The Bertz CT molecular complexity index is 578. The van der Waals surface area contributed by atoms with Gasteiger partial charge in [0.25, 0.3) is 0 Å². The second-order valence-corrected chi connectivity index (χ2v) is 4.59. The molecule has 0 aliphatic rings. The van der Waals surface area contributed by atoms with E-state index in [1.165, 1.54) is 0 Å². The molecule has 0 fully saturated rings. The zero-order chi connectivity index (χ0) is 13.3. The molecule has 0 amide bonds. The third-order valence-corrected chi connectivity index (χ3v) is 3.33. The van der Waals surface area contributed by atoms with E-state index >= 15 is 0 Å². The molecule has 2 rings (SSSR count). The van der Waals surface area contributed by atoms with Crippen LogP contribution in [0.25, 0.3) is 11.3 Å². The highest BCUT2D eigenvalue weighted by molar-refractivity contribution is 6.32. The van der Waals surface area contributed by atoms with E-state index in [9.17, 15) is 0 Å². The molecule has 3 N–H and O–H groups in total. The Morgan fingerprint density at radius 2 is 2.11 bits per heavy atom. The topological polar surface area (TPSA) is 63.9 Å². The Balaban J connectivity index is 2.60. The predicted octanol–water partition coefficient (Wildman–Crippen LogP) is 2.81. The quantitative estimate of drug-likeness (QED) is 0.897. The fraction of sp³-hybridized carbons (Fsp3) is 0.308. The van der Waals surface area contributed by atoms with Crippen LogP contribution in [0.5, 0.6) is 5.75 Å². The van der Waals surface area contributed by atoms with E-state index in [0.29, 0.717) is 17.3 Å². The van der Waals surface area contributed by atoms with Gasteiger partial charge in [0, 0.05) is 23.4 Å². The van der Waals surface area contributed by atoms with Gasteiger partial charge < -0.3 is 10.5 Å². The summed E-state index contributed by atoms with van der Waals surface area (Å²) in [6.07, 6.45) is 0. The average molecular weight is 266 g/mol. The third kappa shape index (κ3) is 2.09. The molecule has 1 aromatic heterocycles. The number of ether oxygens (including phenoxy) is 1. The van der Waals surface area contributed by atoms with Gasteiger partial charge in [-0.25, -0.2) is 0 Å². The highest BCUT2D eigenvalue weighted by Crippen LogP contribution is 2.34. The maximum atomic E-state index is 6.16. The number of benzene rings is 1. The summed E-state index contributed by atoms with van der Waals surface area (Å²) in [6.45, 7) is 4.40. The smallest absolute Gasteiger partial charge is 0.137 e. The lowest BCUT2D eigenvalue weighted by Gasteiger charge is -2.09. The zero-order valence-electron chi connectivity index (χ0n) is 10.7. The molecular formula is C13H16ClN3O. The van der Waals surface area contributed by atoms with Gasteiger partial charge in [-0.15, -0.1) is 0 Å². The van der Waals surface area contributed by atoms with Crippen molar-refractivity contribution < 1.29 is 4.74 Å². The van der Waals surface area contributed by atoms with Crippen molar-refractivity contribution in [1.82, 2.24) is 10.2 Å². The summed E-state index contributed by atoms with van der Waals surface area (Å²) in [4.78, 5) is 0. The van der Waals surface area contributed by atoms with E-state index in [2.05, 4.69) is 10.2 Å². The number of nitrogens with two attached hydrogens (primary N) is 1. The van der Waals surface area contributed by atoms with Gasteiger partial charge in [-0.3, -0.25) is 5.10 Å². The van der Waals surface area contributed by atoms with Gasteiger partial charge in [0.05, 0.1) is 17.8 Å². The molecule has 0 radical (unpaired) electrons. The number of aromatic amines is 1. The molecule has 2 aromatic rings. The molecule has 18 heavy (non-hydrogen) atoms. The number of hydrogen-bond donors (Lipinski definition) is 2. The van der Waals surface area contributed by atoms with E-state index in [4.69, 9.17) is 22.1 Å².